The maximum absolute atomic E-state index is 3.75. The Hall–Kier alpha value is -0.120. The van der Waals surface area contributed by atoms with Crippen LogP contribution >= 0.6 is 0 Å². The van der Waals surface area contributed by atoms with E-state index in [9.17, 15) is 0 Å². The maximum atomic E-state index is 3.75. The minimum Gasteiger partial charge on any atom is -0.312 e. The van der Waals surface area contributed by atoms with Crippen LogP contribution < -0.4 is 5.32 Å². The highest BCUT2D eigenvalue weighted by molar-refractivity contribution is 4.83. The summed E-state index contributed by atoms with van der Waals surface area (Å²) in [5.74, 6) is 0.759. The molecule has 20 heavy (non-hydrogen) atoms. The average molecular weight is 284 g/mol. The van der Waals surface area contributed by atoms with Gasteiger partial charge in [0.2, 0.25) is 0 Å². The predicted octanol–water partition coefficient (Wildman–Crippen LogP) is 2.82. The zero-order chi connectivity index (χ0) is 15.0. The Kier molecular flexibility index (Phi) is 8.74. The van der Waals surface area contributed by atoms with Crippen molar-refractivity contribution >= 4 is 0 Å². The second-order valence-electron chi connectivity index (χ2n) is 6.59. The SMILES string of the molecule is CCCNC(CN(C)CC1CCCN1CC)C(C)CC. The van der Waals surface area contributed by atoms with Crippen LogP contribution in [0.4, 0.5) is 0 Å². The predicted molar refractivity (Wildman–Crippen MR) is 89.3 cm³/mol. The number of hydrogen-bond acceptors (Lipinski definition) is 3. The van der Waals surface area contributed by atoms with Crippen molar-refractivity contribution in [3.8, 4) is 0 Å². The number of hydrogen-bond donors (Lipinski definition) is 1. The van der Waals surface area contributed by atoms with Gasteiger partial charge in [0.05, 0.1) is 0 Å². The highest BCUT2D eigenvalue weighted by atomic mass is 15.2. The summed E-state index contributed by atoms with van der Waals surface area (Å²) in [6, 6.07) is 1.43. The molecule has 1 aliphatic heterocycles. The molecule has 0 aliphatic carbocycles. The molecule has 0 bridgehead atoms. The van der Waals surface area contributed by atoms with Gasteiger partial charge in [-0.05, 0) is 51.9 Å². The van der Waals surface area contributed by atoms with E-state index in [0.717, 1.165) is 18.5 Å². The van der Waals surface area contributed by atoms with Crippen molar-refractivity contribution in [2.24, 2.45) is 5.92 Å². The fourth-order valence-electron chi connectivity index (χ4n) is 3.35. The van der Waals surface area contributed by atoms with Gasteiger partial charge in [-0.2, -0.15) is 0 Å². The first-order chi connectivity index (χ1) is 9.62. The molecule has 0 saturated carbocycles. The van der Waals surface area contributed by atoms with Gasteiger partial charge in [0.25, 0.3) is 0 Å². The van der Waals surface area contributed by atoms with Crippen molar-refractivity contribution in [3.05, 3.63) is 0 Å². The zero-order valence-electron chi connectivity index (χ0n) is 14.5. The number of nitrogens with one attached hydrogen (secondary N) is 1. The summed E-state index contributed by atoms with van der Waals surface area (Å²) in [5.41, 5.74) is 0. The van der Waals surface area contributed by atoms with Crippen LogP contribution in [-0.2, 0) is 0 Å². The Balaban J connectivity index is 2.41. The molecule has 0 spiro atoms. The number of likely N-dealkylation sites (N-methyl/N-ethyl adjacent to an activating group) is 2. The third-order valence-electron chi connectivity index (χ3n) is 4.92. The minimum atomic E-state index is 0.640. The number of rotatable bonds is 10. The topological polar surface area (TPSA) is 18.5 Å². The van der Waals surface area contributed by atoms with Gasteiger partial charge >= 0.3 is 0 Å². The molecule has 1 N–H and O–H groups in total. The van der Waals surface area contributed by atoms with Crippen LogP contribution in [0.15, 0.2) is 0 Å². The van der Waals surface area contributed by atoms with Crippen molar-refractivity contribution in [2.75, 3.05) is 39.8 Å². The lowest BCUT2D eigenvalue weighted by atomic mass is 9.98. The molecule has 0 amide bonds. The summed E-state index contributed by atoms with van der Waals surface area (Å²) in [6.07, 6.45) is 5.26. The molecule has 0 aromatic rings. The molecule has 3 nitrogen and oxygen atoms in total. The van der Waals surface area contributed by atoms with E-state index in [0.29, 0.717) is 6.04 Å². The van der Waals surface area contributed by atoms with Crippen LogP contribution in [0.25, 0.3) is 0 Å². The first-order valence-electron chi connectivity index (χ1n) is 8.78. The second-order valence-corrected chi connectivity index (χ2v) is 6.59. The van der Waals surface area contributed by atoms with Gasteiger partial charge in [-0.1, -0.05) is 34.1 Å². The molecule has 1 rings (SSSR count). The first-order valence-corrected chi connectivity index (χ1v) is 8.78. The third kappa shape index (κ3) is 5.71. The summed E-state index contributed by atoms with van der Waals surface area (Å²) in [5, 5.41) is 3.75. The molecule has 1 saturated heterocycles. The van der Waals surface area contributed by atoms with Crippen molar-refractivity contribution in [1.82, 2.24) is 15.1 Å². The average Bonchev–Trinajstić information content (AvgIpc) is 2.89. The summed E-state index contributed by atoms with van der Waals surface area (Å²) in [6.45, 7) is 15.3. The second kappa shape index (κ2) is 9.75. The van der Waals surface area contributed by atoms with Crippen LogP contribution in [-0.4, -0.2) is 61.7 Å². The molecule has 0 aromatic carbocycles. The summed E-state index contributed by atoms with van der Waals surface area (Å²) in [4.78, 5) is 5.20. The lowest BCUT2D eigenvalue weighted by molar-refractivity contribution is 0.176. The van der Waals surface area contributed by atoms with E-state index in [1.165, 1.54) is 51.9 Å². The van der Waals surface area contributed by atoms with Gasteiger partial charge < -0.3 is 10.2 Å². The molecule has 3 heteroatoms. The largest absolute Gasteiger partial charge is 0.312 e. The van der Waals surface area contributed by atoms with Crippen molar-refractivity contribution < 1.29 is 0 Å². The lowest BCUT2D eigenvalue weighted by Crippen LogP contribution is -2.47. The maximum Gasteiger partial charge on any atom is 0.0223 e. The van der Waals surface area contributed by atoms with E-state index in [1.54, 1.807) is 0 Å². The van der Waals surface area contributed by atoms with Crippen molar-refractivity contribution in [1.29, 1.82) is 0 Å². The Labute approximate surface area is 127 Å². The minimum absolute atomic E-state index is 0.640. The number of nitrogens with zero attached hydrogens (tertiary/aromatic N) is 2. The van der Waals surface area contributed by atoms with Gasteiger partial charge in [-0.3, -0.25) is 4.90 Å². The van der Waals surface area contributed by atoms with Crippen LogP contribution in [0.3, 0.4) is 0 Å². The standard InChI is InChI=1S/C17H37N3/c1-6-11-18-17(15(4)7-2)14-19(5)13-16-10-9-12-20(16)8-3/h15-18H,6-14H2,1-5H3. The zero-order valence-corrected chi connectivity index (χ0v) is 14.5. The van der Waals surface area contributed by atoms with Gasteiger partial charge in [-0.25, -0.2) is 0 Å². The Morgan fingerprint density at radius 1 is 1.30 bits per heavy atom. The molecule has 120 valence electrons. The molecule has 3 unspecified atom stereocenters. The fourth-order valence-corrected chi connectivity index (χ4v) is 3.35. The van der Waals surface area contributed by atoms with Crippen LogP contribution in [0, 0.1) is 5.92 Å². The van der Waals surface area contributed by atoms with Gasteiger partial charge in [0, 0.05) is 25.2 Å². The molecule has 1 heterocycles. The molecular weight excluding hydrogens is 246 g/mol. The monoisotopic (exact) mass is 283 g/mol. The van der Waals surface area contributed by atoms with Crippen LogP contribution in [0.5, 0.6) is 0 Å². The van der Waals surface area contributed by atoms with Crippen LogP contribution in [0.1, 0.15) is 53.4 Å². The van der Waals surface area contributed by atoms with Crippen molar-refractivity contribution in [3.63, 3.8) is 0 Å². The highest BCUT2D eigenvalue weighted by Gasteiger charge is 2.25. The Morgan fingerprint density at radius 2 is 2.05 bits per heavy atom. The molecule has 3 atom stereocenters. The first kappa shape index (κ1) is 17.9. The molecule has 0 aromatic heterocycles. The molecular formula is C17H37N3. The summed E-state index contributed by atoms with van der Waals surface area (Å²) >= 11 is 0. The van der Waals surface area contributed by atoms with E-state index >= 15 is 0 Å². The Morgan fingerprint density at radius 3 is 2.65 bits per heavy atom. The van der Waals surface area contributed by atoms with E-state index < -0.39 is 0 Å². The van der Waals surface area contributed by atoms with E-state index in [-0.39, 0.29) is 0 Å². The normalized spacial score (nSPS) is 23.4. The van der Waals surface area contributed by atoms with E-state index in [4.69, 9.17) is 0 Å². The number of likely N-dealkylation sites (tertiary alicyclic amines) is 1. The summed E-state index contributed by atoms with van der Waals surface area (Å²) in [7, 11) is 2.30. The van der Waals surface area contributed by atoms with Gasteiger partial charge in [0.1, 0.15) is 0 Å². The third-order valence-corrected chi connectivity index (χ3v) is 4.92. The van der Waals surface area contributed by atoms with Crippen molar-refractivity contribution in [2.45, 2.75) is 65.5 Å². The van der Waals surface area contributed by atoms with Gasteiger partial charge in [-0.15, -0.1) is 0 Å². The smallest absolute Gasteiger partial charge is 0.0223 e. The van der Waals surface area contributed by atoms with E-state index in [2.05, 4.69) is 49.9 Å². The fraction of sp³-hybridized carbons (Fsp3) is 1.00. The Bertz CT molecular complexity index is 244. The quantitative estimate of drug-likeness (QED) is 0.665. The molecule has 1 aliphatic rings. The van der Waals surface area contributed by atoms with Gasteiger partial charge in [0.15, 0.2) is 0 Å². The molecule has 0 radical (unpaired) electrons. The van der Waals surface area contributed by atoms with Crippen LogP contribution in [0.2, 0.25) is 0 Å². The van der Waals surface area contributed by atoms with E-state index in [1.807, 2.05) is 0 Å². The molecule has 1 fully saturated rings. The lowest BCUT2D eigenvalue weighted by Gasteiger charge is -2.32. The highest BCUT2D eigenvalue weighted by Crippen LogP contribution is 2.18. The summed E-state index contributed by atoms with van der Waals surface area (Å²) < 4.78 is 0.